The predicted molar refractivity (Wildman–Crippen MR) is 96.9 cm³/mol. The van der Waals surface area contributed by atoms with Crippen LogP contribution < -0.4 is 0 Å². The highest BCUT2D eigenvalue weighted by atomic mass is 32.2. The van der Waals surface area contributed by atoms with E-state index in [0.29, 0.717) is 6.61 Å². The van der Waals surface area contributed by atoms with Crippen molar-refractivity contribution in [2.75, 3.05) is 12.4 Å². The average molecular weight is 338 g/mol. The molecule has 122 valence electrons. The van der Waals surface area contributed by atoms with Crippen molar-refractivity contribution in [2.45, 2.75) is 11.8 Å². The van der Waals surface area contributed by atoms with Gasteiger partial charge < -0.3 is 9.15 Å². The zero-order chi connectivity index (χ0) is 16.8. The van der Waals surface area contributed by atoms with E-state index in [1.807, 2.05) is 73.7 Å². The summed E-state index contributed by atoms with van der Waals surface area (Å²) < 4.78 is 11.1. The smallest absolute Gasteiger partial charge is 0.316 e. The van der Waals surface area contributed by atoms with Gasteiger partial charge in [-0.3, -0.25) is 4.79 Å². The van der Waals surface area contributed by atoms with Crippen molar-refractivity contribution >= 4 is 17.7 Å². The molecule has 0 aliphatic heterocycles. The SMILES string of the molecule is CCOC(=O)CSc1cc(-c2ccccc2)oc1-c1ccccc1. The van der Waals surface area contributed by atoms with E-state index in [1.54, 1.807) is 0 Å². The third-order valence-electron chi connectivity index (χ3n) is 3.44. The minimum absolute atomic E-state index is 0.219. The molecule has 0 aliphatic carbocycles. The van der Waals surface area contributed by atoms with E-state index in [9.17, 15) is 4.79 Å². The lowest BCUT2D eigenvalue weighted by atomic mass is 10.1. The zero-order valence-corrected chi connectivity index (χ0v) is 14.2. The average Bonchev–Trinajstić information content (AvgIpc) is 3.06. The molecule has 0 spiro atoms. The van der Waals surface area contributed by atoms with Crippen LogP contribution >= 0.6 is 11.8 Å². The van der Waals surface area contributed by atoms with Crippen LogP contribution in [0.5, 0.6) is 0 Å². The fourth-order valence-corrected chi connectivity index (χ4v) is 3.19. The van der Waals surface area contributed by atoms with Crippen LogP contribution in [-0.2, 0) is 9.53 Å². The first-order chi connectivity index (χ1) is 11.8. The van der Waals surface area contributed by atoms with E-state index in [1.165, 1.54) is 11.8 Å². The van der Waals surface area contributed by atoms with Gasteiger partial charge in [0.15, 0.2) is 0 Å². The molecule has 24 heavy (non-hydrogen) atoms. The second kappa shape index (κ2) is 7.88. The number of esters is 1. The summed E-state index contributed by atoms with van der Waals surface area (Å²) in [6.45, 7) is 2.20. The van der Waals surface area contributed by atoms with Gasteiger partial charge in [-0.1, -0.05) is 60.7 Å². The monoisotopic (exact) mass is 338 g/mol. The third-order valence-corrected chi connectivity index (χ3v) is 4.44. The first-order valence-electron chi connectivity index (χ1n) is 7.81. The molecule has 3 nitrogen and oxygen atoms in total. The first-order valence-corrected chi connectivity index (χ1v) is 8.79. The zero-order valence-electron chi connectivity index (χ0n) is 13.4. The van der Waals surface area contributed by atoms with Crippen molar-refractivity contribution in [1.29, 1.82) is 0 Å². The lowest BCUT2D eigenvalue weighted by Crippen LogP contribution is -2.06. The Morgan fingerprint density at radius 1 is 1.00 bits per heavy atom. The summed E-state index contributed by atoms with van der Waals surface area (Å²) in [5.41, 5.74) is 2.00. The van der Waals surface area contributed by atoms with Gasteiger partial charge in [0.05, 0.1) is 17.3 Å². The number of thioether (sulfide) groups is 1. The molecule has 3 rings (SSSR count). The van der Waals surface area contributed by atoms with Gasteiger partial charge >= 0.3 is 5.97 Å². The second-order valence-corrected chi connectivity index (χ2v) is 6.15. The van der Waals surface area contributed by atoms with E-state index in [2.05, 4.69) is 0 Å². The molecule has 4 heteroatoms. The van der Waals surface area contributed by atoms with Crippen molar-refractivity contribution in [3.05, 3.63) is 66.7 Å². The Kier molecular flexibility index (Phi) is 5.39. The normalized spacial score (nSPS) is 10.5. The molecule has 0 saturated carbocycles. The van der Waals surface area contributed by atoms with Gasteiger partial charge in [0.25, 0.3) is 0 Å². The largest absolute Gasteiger partial charge is 0.465 e. The van der Waals surface area contributed by atoms with Crippen LogP contribution in [0, 0.1) is 0 Å². The summed E-state index contributed by atoms with van der Waals surface area (Å²) in [5.74, 6) is 1.62. The van der Waals surface area contributed by atoms with Gasteiger partial charge in [-0.15, -0.1) is 11.8 Å². The Morgan fingerprint density at radius 3 is 2.25 bits per heavy atom. The standard InChI is InChI=1S/C20H18O3S/c1-2-22-19(21)14-24-18-13-17(15-9-5-3-6-10-15)23-20(18)16-11-7-4-8-12-16/h3-13H,2,14H2,1H3. The molecule has 2 aromatic carbocycles. The van der Waals surface area contributed by atoms with Gasteiger partial charge in [-0.05, 0) is 13.0 Å². The number of ether oxygens (including phenoxy) is 1. The fraction of sp³-hybridized carbons (Fsp3) is 0.150. The number of furan rings is 1. The Bertz CT molecular complexity index is 794. The quantitative estimate of drug-likeness (QED) is 0.453. The summed E-state index contributed by atoms with van der Waals surface area (Å²) in [6.07, 6.45) is 0. The molecule has 0 N–H and O–H groups in total. The van der Waals surface area contributed by atoms with Crippen molar-refractivity contribution in [3.63, 3.8) is 0 Å². The molecule has 0 saturated heterocycles. The molecule has 0 amide bonds. The summed E-state index contributed by atoms with van der Waals surface area (Å²) in [4.78, 5) is 12.6. The molecule has 0 radical (unpaired) electrons. The minimum atomic E-state index is -0.219. The Labute approximate surface area is 145 Å². The van der Waals surface area contributed by atoms with Crippen LogP contribution in [0.25, 0.3) is 22.6 Å². The number of rotatable bonds is 6. The van der Waals surface area contributed by atoms with E-state index in [4.69, 9.17) is 9.15 Å². The van der Waals surface area contributed by atoms with Crippen molar-refractivity contribution in [2.24, 2.45) is 0 Å². The summed E-state index contributed by atoms with van der Waals surface area (Å²) in [5, 5.41) is 0. The van der Waals surface area contributed by atoms with Crippen molar-refractivity contribution < 1.29 is 13.9 Å². The number of benzene rings is 2. The van der Waals surface area contributed by atoms with E-state index in [-0.39, 0.29) is 11.7 Å². The summed E-state index contributed by atoms with van der Waals surface area (Å²) in [6, 6.07) is 21.8. The van der Waals surface area contributed by atoms with Crippen LogP contribution in [0.15, 0.2) is 76.0 Å². The highest BCUT2D eigenvalue weighted by molar-refractivity contribution is 8.00. The van der Waals surface area contributed by atoms with Crippen LogP contribution in [-0.4, -0.2) is 18.3 Å². The minimum Gasteiger partial charge on any atom is -0.465 e. The van der Waals surface area contributed by atoms with E-state index in [0.717, 1.165) is 27.5 Å². The molecule has 0 bridgehead atoms. The maximum atomic E-state index is 11.7. The Balaban J connectivity index is 1.93. The summed E-state index contributed by atoms with van der Waals surface area (Å²) in [7, 11) is 0. The molecular formula is C20H18O3S. The van der Waals surface area contributed by atoms with Crippen molar-refractivity contribution in [1.82, 2.24) is 0 Å². The second-order valence-electron chi connectivity index (χ2n) is 5.13. The number of carbonyl (C=O) groups is 1. The van der Waals surface area contributed by atoms with Gasteiger partial charge in [0, 0.05) is 11.1 Å². The van der Waals surface area contributed by atoms with Gasteiger partial charge in [0.2, 0.25) is 0 Å². The van der Waals surface area contributed by atoms with E-state index < -0.39 is 0 Å². The fourth-order valence-electron chi connectivity index (χ4n) is 2.36. The van der Waals surface area contributed by atoms with Gasteiger partial charge in [0.1, 0.15) is 11.5 Å². The number of hydrogen-bond donors (Lipinski definition) is 0. The van der Waals surface area contributed by atoms with Gasteiger partial charge in [-0.2, -0.15) is 0 Å². The summed E-state index contributed by atoms with van der Waals surface area (Å²) >= 11 is 1.44. The highest BCUT2D eigenvalue weighted by Gasteiger charge is 2.16. The Hall–Kier alpha value is -2.46. The molecule has 0 unspecified atom stereocenters. The number of hydrogen-bond acceptors (Lipinski definition) is 4. The predicted octanol–water partition coefficient (Wildman–Crippen LogP) is 5.27. The number of carbonyl (C=O) groups excluding carboxylic acids is 1. The maximum absolute atomic E-state index is 11.7. The maximum Gasteiger partial charge on any atom is 0.316 e. The lowest BCUT2D eigenvalue weighted by Gasteiger charge is -2.03. The highest BCUT2D eigenvalue weighted by Crippen LogP contribution is 2.38. The Morgan fingerprint density at radius 2 is 1.62 bits per heavy atom. The molecule has 0 atom stereocenters. The topological polar surface area (TPSA) is 39.4 Å². The van der Waals surface area contributed by atoms with Gasteiger partial charge in [-0.25, -0.2) is 0 Å². The first kappa shape index (κ1) is 16.4. The molecular weight excluding hydrogens is 320 g/mol. The molecule has 0 aliphatic rings. The lowest BCUT2D eigenvalue weighted by molar-refractivity contribution is -0.139. The molecule has 3 aromatic rings. The van der Waals surface area contributed by atoms with Crippen LogP contribution in [0.1, 0.15) is 6.92 Å². The van der Waals surface area contributed by atoms with Crippen molar-refractivity contribution in [3.8, 4) is 22.6 Å². The van der Waals surface area contributed by atoms with E-state index >= 15 is 0 Å². The van der Waals surface area contributed by atoms with Crippen LogP contribution in [0.2, 0.25) is 0 Å². The third kappa shape index (κ3) is 3.89. The van der Waals surface area contributed by atoms with Crippen LogP contribution in [0.4, 0.5) is 0 Å². The van der Waals surface area contributed by atoms with Crippen LogP contribution in [0.3, 0.4) is 0 Å². The molecule has 0 fully saturated rings. The molecule has 1 heterocycles. The molecule has 1 aromatic heterocycles.